The van der Waals surface area contributed by atoms with Crippen molar-refractivity contribution in [3.05, 3.63) is 14.7 Å². The first-order chi connectivity index (χ1) is 12.9. The zero-order valence-corrected chi connectivity index (χ0v) is 14.5. The maximum atomic E-state index is 11.3. The fourth-order valence-corrected chi connectivity index (χ4v) is 3.27. The molecule has 27 heavy (non-hydrogen) atoms. The Bertz CT molecular complexity index is 525. The van der Waals surface area contributed by atoms with Gasteiger partial charge in [-0.25, -0.2) is 0 Å². The van der Waals surface area contributed by atoms with Gasteiger partial charge >= 0.3 is 0 Å². The summed E-state index contributed by atoms with van der Waals surface area (Å²) in [5.74, 6) is 0. The predicted octanol–water partition coefficient (Wildman–Crippen LogP) is -1.61. The molecule has 0 aromatic heterocycles. The van der Waals surface area contributed by atoms with Crippen molar-refractivity contribution < 1.29 is 34.6 Å². The van der Waals surface area contributed by atoms with Crippen LogP contribution >= 0.6 is 0 Å². The van der Waals surface area contributed by atoms with Crippen LogP contribution in [0.4, 0.5) is 0 Å². The summed E-state index contributed by atoms with van der Waals surface area (Å²) in [6, 6.07) is -1.36. The molecule has 154 valence electrons. The molecule has 0 bridgehead atoms. The molecule has 2 aliphatic rings. The highest BCUT2D eigenvalue weighted by atomic mass is 16.7. The van der Waals surface area contributed by atoms with Gasteiger partial charge in [0.05, 0.1) is 6.10 Å². The SMILES string of the molecule is CCC1OC(CN=O)C(OC2OC(CN=O)C(O)C(O)[C@H]2O)C(N=O)C1O. The van der Waals surface area contributed by atoms with E-state index in [4.69, 9.17) is 14.2 Å². The topological polar surface area (TPSA) is 197 Å². The van der Waals surface area contributed by atoms with Crippen molar-refractivity contribution in [2.24, 2.45) is 15.5 Å². The van der Waals surface area contributed by atoms with Crippen molar-refractivity contribution in [3.63, 3.8) is 0 Å². The lowest BCUT2D eigenvalue weighted by Gasteiger charge is -2.45. The van der Waals surface area contributed by atoms with E-state index >= 15 is 0 Å². The van der Waals surface area contributed by atoms with Crippen molar-refractivity contribution in [1.29, 1.82) is 0 Å². The first-order valence-corrected chi connectivity index (χ1v) is 8.48. The van der Waals surface area contributed by atoms with Gasteiger partial charge in [0.25, 0.3) is 0 Å². The quantitative estimate of drug-likeness (QED) is 0.348. The fraction of sp³-hybridized carbons (Fsp3) is 1.00. The standard InChI is InChI=1S/C14H23N3O10/c1-2-5-9(18)8(17-24)13(7(25-5)4-16-23)27-14-12(21)11(20)10(19)6(26-14)3-15-22/h5-14,18-21H,2-4H2,1H3/t5?,6?,7?,8?,9?,10?,11?,12-,13?,14?/m1/s1. The molecular formula is C14H23N3O10. The minimum atomic E-state index is -1.75. The summed E-state index contributed by atoms with van der Waals surface area (Å²) in [6.07, 6.45) is -12.1. The minimum Gasteiger partial charge on any atom is -0.388 e. The molecule has 13 nitrogen and oxygen atoms in total. The van der Waals surface area contributed by atoms with Crippen LogP contribution in [0.2, 0.25) is 0 Å². The minimum absolute atomic E-state index is 0.329. The molecule has 2 heterocycles. The summed E-state index contributed by atoms with van der Waals surface area (Å²) in [6.45, 7) is 0.750. The van der Waals surface area contributed by atoms with Gasteiger partial charge < -0.3 is 34.6 Å². The van der Waals surface area contributed by atoms with E-state index in [2.05, 4.69) is 15.5 Å². The fourth-order valence-electron chi connectivity index (χ4n) is 3.27. The third-order valence-corrected chi connectivity index (χ3v) is 4.78. The first kappa shape index (κ1) is 21.8. The summed E-state index contributed by atoms with van der Waals surface area (Å²) in [5.41, 5.74) is 0. The second kappa shape index (κ2) is 9.64. The third kappa shape index (κ3) is 4.51. The number of hydrogen-bond acceptors (Lipinski definition) is 13. The maximum absolute atomic E-state index is 11.3. The molecule has 0 aromatic carbocycles. The highest BCUT2D eigenvalue weighted by molar-refractivity contribution is 4.99. The lowest BCUT2D eigenvalue weighted by molar-refractivity contribution is -0.324. The first-order valence-electron chi connectivity index (χ1n) is 8.48. The monoisotopic (exact) mass is 393 g/mol. The van der Waals surface area contributed by atoms with Gasteiger partial charge in [-0.05, 0) is 6.42 Å². The Labute approximate surface area is 153 Å². The number of aliphatic hydroxyl groups excluding tert-OH is 4. The molecule has 0 spiro atoms. The number of nitrogens with zero attached hydrogens (tertiary/aromatic N) is 3. The van der Waals surface area contributed by atoms with Crippen LogP contribution < -0.4 is 0 Å². The lowest BCUT2D eigenvalue weighted by atomic mass is 9.91. The number of ether oxygens (including phenoxy) is 3. The second-order valence-corrected chi connectivity index (χ2v) is 6.45. The third-order valence-electron chi connectivity index (χ3n) is 4.78. The predicted molar refractivity (Wildman–Crippen MR) is 87.4 cm³/mol. The average molecular weight is 393 g/mol. The van der Waals surface area contributed by atoms with Crippen molar-refractivity contribution >= 4 is 0 Å². The molecule has 0 aromatic rings. The Hall–Kier alpha value is -1.48. The van der Waals surface area contributed by atoms with Crippen molar-refractivity contribution in [1.82, 2.24) is 0 Å². The molecule has 0 aliphatic carbocycles. The molecule has 2 saturated heterocycles. The molecule has 13 heteroatoms. The zero-order valence-electron chi connectivity index (χ0n) is 14.5. The molecule has 2 fully saturated rings. The van der Waals surface area contributed by atoms with Gasteiger partial charge in [0.2, 0.25) is 0 Å². The van der Waals surface area contributed by atoms with Gasteiger partial charge in [0, 0.05) is 0 Å². The number of aliphatic hydroxyl groups is 4. The zero-order chi connectivity index (χ0) is 20.1. The summed E-state index contributed by atoms with van der Waals surface area (Å²) < 4.78 is 16.3. The second-order valence-electron chi connectivity index (χ2n) is 6.45. The number of nitroso groups, excluding NO2 is 3. The molecule has 2 aliphatic heterocycles. The Morgan fingerprint density at radius 2 is 1.44 bits per heavy atom. The maximum Gasteiger partial charge on any atom is 0.187 e. The molecule has 9 unspecified atom stereocenters. The van der Waals surface area contributed by atoms with Gasteiger partial charge in [0.1, 0.15) is 61.9 Å². The van der Waals surface area contributed by atoms with E-state index in [1.54, 1.807) is 6.92 Å². The van der Waals surface area contributed by atoms with Crippen LogP contribution in [0, 0.1) is 14.7 Å². The van der Waals surface area contributed by atoms with Crippen LogP contribution in [0.3, 0.4) is 0 Å². The molecule has 0 radical (unpaired) electrons. The van der Waals surface area contributed by atoms with E-state index in [1.807, 2.05) is 0 Å². The van der Waals surface area contributed by atoms with Crippen LogP contribution in [-0.2, 0) is 14.2 Å². The van der Waals surface area contributed by atoms with Crippen LogP contribution in [-0.4, -0.2) is 94.7 Å². The summed E-state index contributed by atoms with van der Waals surface area (Å²) in [5, 5.41) is 48.3. The number of rotatable bonds is 8. The van der Waals surface area contributed by atoms with E-state index in [9.17, 15) is 35.1 Å². The normalized spacial score (nSPS) is 45.2. The summed E-state index contributed by atoms with van der Waals surface area (Å²) in [7, 11) is 0. The Morgan fingerprint density at radius 3 is 2.00 bits per heavy atom. The molecular weight excluding hydrogens is 370 g/mol. The van der Waals surface area contributed by atoms with Gasteiger partial charge in [-0.15, -0.1) is 0 Å². The smallest absolute Gasteiger partial charge is 0.187 e. The number of hydrogen-bond donors (Lipinski definition) is 4. The molecule has 10 atom stereocenters. The molecule has 4 N–H and O–H groups in total. The highest BCUT2D eigenvalue weighted by Crippen LogP contribution is 2.31. The lowest BCUT2D eigenvalue weighted by Crippen LogP contribution is -2.63. The van der Waals surface area contributed by atoms with Crippen LogP contribution in [0.25, 0.3) is 0 Å². The van der Waals surface area contributed by atoms with E-state index < -0.39 is 74.3 Å². The highest BCUT2D eigenvalue weighted by Gasteiger charge is 2.51. The summed E-state index contributed by atoms with van der Waals surface area (Å²) in [4.78, 5) is 32.5. The average Bonchev–Trinajstić information content (AvgIpc) is 2.66. The largest absolute Gasteiger partial charge is 0.388 e. The van der Waals surface area contributed by atoms with Gasteiger partial charge in [0.15, 0.2) is 6.29 Å². The Balaban J connectivity index is 2.23. The Morgan fingerprint density at radius 1 is 0.815 bits per heavy atom. The van der Waals surface area contributed by atoms with Crippen molar-refractivity contribution in [2.75, 3.05) is 13.1 Å². The van der Waals surface area contributed by atoms with Crippen LogP contribution in [0.5, 0.6) is 0 Å². The van der Waals surface area contributed by atoms with Crippen LogP contribution in [0.15, 0.2) is 15.5 Å². The van der Waals surface area contributed by atoms with Gasteiger partial charge in [-0.2, -0.15) is 14.7 Å². The molecule has 0 amide bonds. The Kier molecular flexibility index (Phi) is 7.79. The van der Waals surface area contributed by atoms with Gasteiger partial charge in [-0.3, -0.25) is 0 Å². The van der Waals surface area contributed by atoms with E-state index in [0.717, 1.165) is 0 Å². The van der Waals surface area contributed by atoms with Crippen molar-refractivity contribution in [2.45, 2.75) is 74.5 Å². The van der Waals surface area contributed by atoms with E-state index in [-0.39, 0.29) is 0 Å². The van der Waals surface area contributed by atoms with Gasteiger partial charge in [-0.1, -0.05) is 22.5 Å². The summed E-state index contributed by atoms with van der Waals surface area (Å²) >= 11 is 0. The van der Waals surface area contributed by atoms with E-state index in [1.165, 1.54) is 0 Å². The molecule has 2 rings (SSSR count). The van der Waals surface area contributed by atoms with E-state index in [0.29, 0.717) is 6.42 Å². The van der Waals surface area contributed by atoms with Crippen molar-refractivity contribution in [3.8, 4) is 0 Å². The molecule has 0 saturated carbocycles. The van der Waals surface area contributed by atoms with Crippen LogP contribution in [0.1, 0.15) is 13.3 Å².